The molecule has 50 valence electrons. The van der Waals surface area contributed by atoms with Gasteiger partial charge in [0.25, 0.3) is 0 Å². The van der Waals surface area contributed by atoms with Crippen LogP contribution in [-0.2, 0) is 0 Å². The summed E-state index contributed by atoms with van der Waals surface area (Å²) in [5, 5.41) is 3.22. The van der Waals surface area contributed by atoms with Gasteiger partial charge in [-0.15, -0.1) is 0 Å². The summed E-state index contributed by atoms with van der Waals surface area (Å²) in [6, 6.07) is 0.583. The Labute approximate surface area is 56.5 Å². The van der Waals surface area contributed by atoms with Crippen molar-refractivity contribution in [2.45, 2.75) is 18.9 Å². The Kier molecular flexibility index (Phi) is 2.52. The molecule has 1 heteroatoms. The van der Waals surface area contributed by atoms with E-state index in [2.05, 4.69) is 29.6 Å². The van der Waals surface area contributed by atoms with Crippen molar-refractivity contribution in [2.24, 2.45) is 0 Å². The molecule has 1 N–H and O–H groups in total. The maximum absolute atomic E-state index is 3.22. The maximum Gasteiger partial charge on any atom is 0.0253 e. The lowest BCUT2D eigenvalue weighted by Gasteiger charge is -2.06. The van der Waals surface area contributed by atoms with Gasteiger partial charge >= 0.3 is 0 Å². The highest BCUT2D eigenvalue weighted by Crippen LogP contribution is 2.03. The first-order chi connectivity index (χ1) is 4.43. The molecule has 0 aromatic carbocycles. The Bertz CT molecular complexity index is 125. The van der Waals surface area contributed by atoms with E-state index in [0.29, 0.717) is 6.04 Å². The van der Waals surface area contributed by atoms with Gasteiger partial charge in [-0.05, 0) is 19.9 Å². The summed E-state index contributed by atoms with van der Waals surface area (Å²) in [6.07, 6.45) is 11.0. The van der Waals surface area contributed by atoms with Gasteiger partial charge in [-0.1, -0.05) is 24.3 Å². The molecule has 0 fully saturated rings. The maximum atomic E-state index is 3.22. The van der Waals surface area contributed by atoms with Gasteiger partial charge in [-0.3, -0.25) is 0 Å². The zero-order chi connectivity index (χ0) is 6.53. The zero-order valence-corrected chi connectivity index (χ0v) is 5.80. The van der Waals surface area contributed by atoms with Gasteiger partial charge in [-0.2, -0.15) is 0 Å². The number of nitrogens with one attached hydrogen (secondary N) is 1. The molecule has 9 heavy (non-hydrogen) atoms. The summed E-state index contributed by atoms with van der Waals surface area (Å²) in [7, 11) is 2.00. The topological polar surface area (TPSA) is 12.0 Å². The van der Waals surface area contributed by atoms with E-state index in [1.807, 2.05) is 7.05 Å². The van der Waals surface area contributed by atoms with Crippen LogP contribution in [0, 0.1) is 0 Å². The van der Waals surface area contributed by atoms with Crippen LogP contribution in [0.15, 0.2) is 24.3 Å². The molecule has 0 heterocycles. The predicted octanol–water partition coefficient (Wildman–Crippen LogP) is 1.48. The summed E-state index contributed by atoms with van der Waals surface area (Å²) in [5.74, 6) is 0. The molecular formula is C8H13N. The van der Waals surface area contributed by atoms with E-state index < -0.39 is 0 Å². The first-order valence-corrected chi connectivity index (χ1v) is 3.44. The lowest BCUT2D eigenvalue weighted by atomic mass is 10.2. The van der Waals surface area contributed by atoms with Gasteiger partial charge < -0.3 is 5.32 Å². The van der Waals surface area contributed by atoms with Crippen molar-refractivity contribution in [1.82, 2.24) is 5.32 Å². The largest absolute Gasteiger partial charge is 0.314 e. The summed E-state index contributed by atoms with van der Waals surface area (Å²) in [6.45, 7) is 0. The Morgan fingerprint density at radius 2 is 2.33 bits per heavy atom. The van der Waals surface area contributed by atoms with Crippen LogP contribution in [0.4, 0.5) is 0 Å². The molecule has 1 aliphatic rings. The Balaban J connectivity index is 2.41. The third kappa shape index (κ3) is 2.02. The molecule has 1 aliphatic carbocycles. The lowest BCUT2D eigenvalue weighted by molar-refractivity contribution is 0.624. The second-order valence-corrected chi connectivity index (χ2v) is 2.29. The number of hydrogen-bond acceptors (Lipinski definition) is 1. The minimum absolute atomic E-state index is 0.583. The van der Waals surface area contributed by atoms with Crippen molar-refractivity contribution in [1.29, 1.82) is 0 Å². The Morgan fingerprint density at radius 3 is 3.11 bits per heavy atom. The van der Waals surface area contributed by atoms with Crippen LogP contribution in [0.25, 0.3) is 0 Å². The summed E-state index contributed by atoms with van der Waals surface area (Å²) >= 11 is 0. The van der Waals surface area contributed by atoms with E-state index >= 15 is 0 Å². The van der Waals surface area contributed by atoms with Crippen LogP contribution in [0.3, 0.4) is 0 Å². The fourth-order valence-electron chi connectivity index (χ4n) is 0.986. The van der Waals surface area contributed by atoms with Gasteiger partial charge in [0.05, 0.1) is 0 Å². The van der Waals surface area contributed by atoms with Crippen molar-refractivity contribution in [2.75, 3.05) is 7.05 Å². The van der Waals surface area contributed by atoms with Crippen molar-refractivity contribution in [3.8, 4) is 0 Å². The molecule has 1 unspecified atom stereocenters. The third-order valence-corrected chi connectivity index (χ3v) is 1.61. The quantitative estimate of drug-likeness (QED) is 0.557. The number of hydrogen-bond donors (Lipinski definition) is 1. The molecular weight excluding hydrogens is 110 g/mol. The average Bonchev–Trinajstić information content (AvgIpc) is 2.13. The molecule has 0 aromatic heterocycles. The van der Waals surface area contributed by atoms with Crippen LogP contribution in [0.5, 0.6) is 0 Å². The fourth-order valence-corrected chi connectivity index (χ4v) is 0.986. The second-order valence-electron chi connectivity index (χ2n) is 2.29. The summed E-state index contributed by atoms with van der Waals surface area (Å²) < 4.78 is 0. The van der Waals surface area contributed by atoms with Crippen molar-refractivity contribution in [3.05, 3.63) is 24.3 Å². The summed E-state index contributed by atoms with van der Waals surface area (Å²) in [4.78, 5) is 0. The number of rotatable bonds is 1. The number of allylic oxidation sites excluding steroid dienone is 3. The molecule has 1 nitrogen and oxygen atoms in total. The van der Waals surface area contributed by atoms with Gasteiger partial charge in [0.2, 0.25) is 0 Å². The molecule has 0 aliphatic heterocycles. The first kappa shape index (κ1) is 6.56. The van der Waals surface area contributed by atoms with E-state index in [1.165, 1.54) is 12.8 Å². The van der Waals surface area contributed by atoms with Gasteiger partial charge in [0.1, 0.15) is 0 Å². The van der Waals surface area contributed by atoms with E-state index in [0.717, 1.165) is 0 Å². The Hall–Kier alpha value is -0.560. The van der Waals surface area contributed by atoms with Gasteiger partial charge in [0, 0.05) is 6.04 Å². The smallest absolute Gasteiger partial charge is 0.0253 e. The minimum Gasteiger partial charge on any atom is -0.314 e. The number of likely N-dealkylation sites (N-methyl/N-ethyl adjacent to an activating group) is 1. The molecule has 1 atom stereocenters. The van der Waals surface area contributed by atoms with Crippen molar-refractivity contribution < 1.29 is 0 Å². The van der Waals surface area contributed by atoms with Crippen molar-refractivity contribution in [3.63, 3.8) is 0 Å². The molecule has 0 amide bonds. The molecule has 0 saturated heterocycles. The highest BCUT2D eigenvalue weighted by Gasteiger charge is 1.99. The second kappa shape index (κ2) is 3.46. The van der Waals surface area contributed by atoms with Crippen LogP contribution in [-0.4, -0.2) is 13.1 Å². The van der Waals surface area contributed by atoms with Crippen LogP contribution in [0.1, 0.15) is 12.8 Å². The third-order valence-electron chi connectivity index (χ3n) is 1.61. The van der Waals surface area contributed by atoms with Crippen molar-refractivity contribution >= 4 is 0 Å². The van der Waals surface area contributed by atoms with Gasteiger partial charge in [0.15, 0.2) is 0 Å². The molecule has 0 spiro atoms. The SMILES string of the molecule is CNC1C=CC=CCC1. The molecule has 0 bridgehead atoms. The highest BCUT2D eigenvalue weighted by molar-refractivity contribution is 5.09. The van der Waals surface area contributed by atoms with E-state index in [1.54, 1.807) is 0 Å². The Morgan fingerprint density at radius 1 is 1.44 bits per heavy atom. The fraction of sp³-hybridized carbons (Fsp3) is 0.500. The van der Waals surface area contributed by atoms with E-state index in [4.69, 9.17) is 0 Å². The van der Waals surface area contributed by atoms with Crippen LogP contribution >= 0.6 is 0 Å². The normalized spacial score (nSPS) is 26.1. The van der Waals surface area contributed by atoms with E-state index in [-0.39, 0.29) is 0 Å². The highest BCUT2D eigenvalue weighted by atomic mass is 14.9. The minimum atomic E-state index is 0.583. The lowest BCUT2D eigenvalue weighted by Crippen LogP contribution is -2.21. The predicted molar refractivity (Wildman–Crippen MR) is 40.4 cm³/mol. The summed E-state index contributed by atoms with van der Waals surface area (Å²) in [5.41, 5.74) is 0. The molecule has 0 aromatic rings. The molecule has 1 rings (SSSR count). The van der Waals surface area contributed by atoms with E-state index in [9.17, 15) is 0 Å². The molecule has 0 saturated carbocycles. The van der Waals surface area contributed by atoms with Crippen LogP contribution in [0.2, 0.25) is 0 Å². The average molecular weight is 123 g/mol. The monoisotopic (exact) mass is 123 g/mol. The first-order valence-electron chi connectivity index (χ1n) is 3.44. The van der Waals surface area contributed by atoms with Crippen LogP contribution < -0.4 is 5.32 Å². The standard InChI is InChI=1S/C8H13N/c1-9-8-6-4-2-3-5-7-8/h2-4,6,8-9H,5,7H2,1H3. The van der Waals surface area contributed by atoms with Gasteiger partial charge in [-0.25, -0.2) is 0 Å². The molecule has 0 radical (unpaired) electrons. The zero-order valence-electron chi connectivity index (χ0n) is 5.80.